The molecule has 2 heterocycles. The van der Waals surface area contributed by atoms with Gasteiger partial charge in [-0.05, 0) is 67.0 Å². The first-order chi connectivity index (χ1) is 13.0. The number of rotatable bonds is 3. The summed E-state index contributed by atoms with van der Waals surface area (Å²) in [6.45, 7) is 1.96. The first-order valence-electron chi connectivity index (χ1n) is 8.95. The number of halogens is 2. The van der Waals surface area contributed by atoms with Gasteiger partial charge in [0.25, 0.3) is 0 Å². The Morgan fingerprint density at radius 3 is 2.74 bits per heavy atom. The van der Waals surface area contributed by atoms with E-state index in [2.05, 4.69) is 0 Å². The fourth-order valence-electron chi connectivity index (χ4n) is 3.84. The molecule has 0 amide bonds. The maximum absolute atomic E-state index is 12.1. The third-order valence-electron chi connectivity index (χ3n) is 5.17. The van der Waals surface area contributed by atoms with Crippen molar-refractivity contribution in [2.45, 2.75) is 39.0 Å². The smallest absolute Gasteiger partial charge is 0.310 e. The predicted molar refractivity (Wildman–Crippen MR) is 112 cm³/mol. The molecule has 0 bridgehead atoms. The average molecular weight is 420 g/mol. The van der Waals surface area contributed by atoms with E-state index in [1.165, 1.54) is 30.4 Å². The van der Waals surface area contributed by atoms with Crippen LogP contribution in [0.2, 0.25) is 10.0 Å². The Morgan fingerprint density at radius 2 is 2.00 bits per heavy atom. The summed E-state index contributed by atoms with van der Waals surface area (Å²) in [6.07, 6.45) is 4.73. The van der Waals surface area contributed by atoms with Crippen LogP contribution in [-0.2, 0) is 28.8 Å². The van der Waals surface area contributed by atoms with Crippen LogP contribution >= 0.6 is 34.5 Å². The molecule has 0 atom stereocenters. The number of nitrogens with zero attached hydrogens (tertiary/aromatic N) is 1. The van der Waals surface area contributed by atoms with Crippen LogP contribution in [0.1, 0.15) is 34.5 Å². The molecule has 0 fully saturated rings. The molecular weight excluding hydrogens is 401 g/mol. The van der Waals surface area contributed by atoms with Crippen LogP contribution in [-0.4, -0.2) is 18.1 Å². The van der Waals surface area contributed by atoms with E-state index in [1.54, 1.807) is 11.3 Å². The quantitative estimate of drug-likeness (QED) is 0.476. The molecule has 0 spiro atoms. The van der Waals surface area contributed by atoms with Crippen molar-refractivity contribution in [3.8, 4) is 11.1 Å². The number of pyridine rings is 1. The fraction of sp³-hybridized carbons (Fsp3) is 0.333. The molecule has 3 nitrogen and oxygen atoms in total. The number of carbonyl (C=O) groups is 1. The largest absolute Gasteiger partial charge is 0.469 e. The minimum Gasteiger partial charge on any atom is -0.469 e. The van der Waals surface area contributed by atoms with Gasteiger partial charge in [-0.2, -0.15) is 0 Å². The number of esters is 1. The Hall–Kier alpha value is -1.62. The molecule has 3 aromatic rings. The van der Waals surface area contributed by atoms with Gasteiger partial charge in [0.15, 0.2) is 0 Å². The molecule has 4 rings (SSSR count). The summed E-state index contributed by atoms with van der Waals surface area (Å²) in [5.41, 5.74) is 5.14. The molecule has 0 radical (unpaired) electrons. The SMILES string of the molecule is COC(=O)Cc1c(C)nc2sc3c(c2c1-c1ccc(Cl)c(Cl)c1)CCCC3. The lowest BCUT2D eigenvalue weighted by molar-refractivity contribution is -0.139. The molecule has 6 heteroatoms. The second-order valence-corrected chi connectivity index (χ2v) is 8.72. The number of hydrogen-bond acceptors (Lipinski definition) is 4. The minimum atomic E-state index is -0.273. The molecular formula is C21H19Cl2NO2S. The first-order valence-corrected chi connectivity index (χ1v) is 10.5. The Labute approximate surface area is 172 Å². The highest BCUT2D eigenvalue weighted by Crippen LogP contribution is 2.44. The third-order valence-corrected chi connectivity index (χ3v) is 7.09. The molecule has 0 N–H and O–H groups in total. The number of methoxy groups -OCH3 is 1. The number of ether oxygens (including phenoxy) is 1. The van der Waals surface area contributed by atoms with E-state index in [9.17, 15) is 4.79 Å². The van der Waals surface area contributed by atoms with E-state index in [4.69, 9.17) is 32.9 Å². The highest BCUT2D eigenvalue weighted by atomic mass is 35.5. The lowest BCUT2D eigenvalue weighted by Gasteiger charge is -2.17. The molecule has 27 heavy (non-hydrogen) atoms. The fourth-order valence-corrected chi connectivity index (χ4v) is 5.46. The van der Waals surface area contributed by atoms with Crippen molar-refractivity contribution in [2.75, 3.05) is 7.11 Å². The van der Waals surface area contributed by atoms with Gasteiger partial charge < -0.3 is 4.74 Å². The number of aryl methyl sites for hydroxylation is 3. The van der Waals surface area contributed by atoms with Crippen LogP contribution < -0.4 is 0 Å². The zero-order valence-electron chi connectivity index (χ0n) is 15.2. The minimum absolute atomic E-state index is 0.186. The summed E-state index contributed by atoms with van der Waals surface area (Å²) < 4.78 is 4.94. The van der Waals surface area contributed by atoms with Crippen LogP contribution in [0.15, 0.2) is 18.2 Å². The summed E-state index contributed by atoms with van der Waals surface area (Å²) >= 11 is 14.2. The van der Waals surface area contributed by atoms with E-state index in [0.29, 0.717) is 10.0 Å². The van der Waals surface area contributed by atoms with Gasteiger partial charge in [-0.15, -0.1) is 11.3 Å². The molecule has 2 aromatic heterocycles. The van der Waals surface area contributed by atoms with Crippen molar-refractivity contribution < 1.29 is 9.53 Å². The van der Waals surface area contributed by atoms with Gasteiger partial charge >= 0.3 is 5.97 Å². The zero-order chi connectivity index (χ0) is 19.1. The number of hydrogen-bond donors (Lipinski definition) is 0. The highest BCUT2D eigenvalue weighted by molar-refractivity contribution is 7.19. The molecule has 0 saturated carbocycles. The Bertz CT molecular complexity index is 1060. The third kappa shape index (κ3) is 3.35. The van der Waals surface area contributed by atoms with E-state index in [1.807, 2.05) is 25.1 Å². The Morgan fingerprint density at radius 1 is 1.22 bits per heavy atom. The van der Waals surface area contributed by atoms with Crippen LogP contribution in [0.4, 0.5) is 0 Å². The maximum Gasteiger partial charge on any atom is 0.310 e. The molecule has 140 valence electrons. The number of fused-ring (bicyclic) bond motifs is 3. The molecule has 1 aromatic carbocycles. The van der Waals surface area contributed by atoms with Crippen molar-refractivity contribution in [1.82, 2.24) is 4.98 Å². The Balaban J connectivity index is 2.06. The van der Waals surface area contributed by atoms with Crippen molar-refractivity contribution >= 4 is 50.7 Å². The average Bonchev–Trinajstić information content (AvgIpc) is 3.02. The molecule has 0 aliphatic heterocycles. The number of aromatic nitrogens is 1. The summed E-state index contributed by atoms with van der Waals surface area (Å²) in [4.78, 5) is 19.4. The second kappa shape index (κ2) is 7.42. The monoisotopic (exact) mass is 419 g/mol. The number of carbonyl (C=O) groups excluding carboxylic acids is 1. The second-order valence-electron chi connectivity index (χ2n) is 6.82. The summed E-state index contributed by atoms with van der Waals surface area (Å²) in [5, 5.41) is 2.19. The summed E-state index contributed by atoms with van der Waals surface area (Å²) in [6, 6.07) is 5.66. The van der Waals surface area contributed by atoms with E-state index >= 15 is 0 Å². The first kappa shape index (κ1) is 18.7. The van der Waals surface area contributed by atoms with E-state index in [-0.39, 0.29) is 12.4 Å². The van der Waals surface area contributed by atoms with Gasteiger partial charge in [-0.25, -0.2) is 4.98 Å². The zero-order valence-corrected chi connectivity index (χ0v) is 17.5. The van der Waals surface area contributed by atoms with Gasteiger partial charge in [-0.1, -0.05) is 29.3 Å². The lowest BCUT2D eigenvalue weighted by atomic mass is 9.89. The molecule has 1 aliphatic rings. The normalized spacial score (nSPS) is 13.6. The van der Waals surface area contributed by atoms with Crippen molar-refractivity contribution in [3.63, 3.8) is 0 Å². The van der Waals surface area contributed by atoms with Crippen LogP contribution in [0.3, 0.4) is 0 Å². The number of thiophene rings is 1. The van der Waals surface area contributed by atoms with E-state index in [0.717, 1.165) is 45.4 Å². The van der Waals surface area contributed by atoms with E-state index < -0.39 is 0 Å². The standard InChI is InChI=1S/C21H19Cl2NO2S/c1-11-14(10-18(25)26-2)19(12-7-8-15(22)16(23)9-12)20-13-5-3-4-6-17(13)27-21(20)24-11/h7-9H,3-6,10H2,1-2H3. The van der Waals surface area contributed by atoms with Crippen molar-refractivity contribution in [2.24, 2.45) is 0 Å². The molecule has 1 aliphatic carbocycles. The lowest BCUT2D eigenvalue weighted by Crippen LogP contribution is -2.09. The predicted octanol–water partition coefficient (Wildman–Crippen LogP) is 6.17. The molecule has 0 unspecified atom stereocenters. The van der Waals surface area contributed by atoms with Crippen molar-refractivity contribution in [3.05, 3.63) is 49.9 Å². The molecule has 0 saturated heterocycles. The van der Waals surface area contributed by atoms with Gasteiger partial charge in [0, 0.05) is 16.0 Å². The van der Waals surface area contributed by atoms with Gasteiger partial charge in [-0.3, -0.25) is 4.79 Å². The van der Waals surface area contributed by atoms with Crippen LogP contribution in [0, 0.1) is 6.92 Å². The van der Waals surface area contributed by atoms with Crippen LogP contribution in [0.5, 0.6) is 0 Å². The number of benzene rings is 1. The van der Waals surface area contributed by atoms with Gasteiger partial charge in [0.05, 0.1) is 23.6 Å². The summed E-state index contributed by atoms with van der Waals surface area (Å²) in [7, 11) is 1.41. The Kier molecular flexibility index (Phi) is 5.15. The van der Waals surface area contributed by atoms with Crippen LogP contribution in [0.25, 0.3) is 21.3 Å². The van der Waals surface area contributed by atoms with Crippen molar-refractivity contribution in [1.29, 1.82) is 0 Å². The van der Waals surface area contributed by atoms with Gasteiger partial charge in [0.1, 0.15) is 4.83 Å². The highest BCUT2D eigenvalue weighted by Gasteiger charge is 2.24. The maximum atomic E-state index is 12.1. The van der Waals surface area contributed by atoms with Gasteiger partial charge in [0.2, 0.25) is 0 Å². The topological polar surface area (TPSA) is 39.2 Å². The summed E-state index contributed by atoms with van der Waals surface area (Å²) in [5.74, 6) is -0.273.